The molecule has 1 saturated heterocycles. The van der Waals surface area contributed by atoms with Crippen LogP contribution in [-0.4, -0.2) is 65.5 Å². The van der Waals surface area contributed by atoms with Crippen molar-refractivity contribution in [3.05, 3.63) is 70.9 Å². The Morgan fingerprint density at radius 2 is 1.53 bits per heavy atom. The summed E-state index contributed by atoms with van der Waals surface area (Å²) < 4.78 is 25.1. The Morgan fingerprint density at radius 3 is 2.16 bits per heavy atom. The number of benzene rings is 2. The number of hydrogen-bond acceptors (Lipinski definition) is 7. The Bertz CT molecular complexity index is 1830. The Morgan fingerprint density at radius 1 is 0.860 bits per heavy atom. The summed E-state index contributed by atoms with van der Waals surface area (Å²) in [6, 6.07) is 15.0. The van der Waals surface area contributed by atoms with Crippen LogP contribution < -0.4 is 16.0 Å². The molecule has 2 fully saturated rings. The van der Waals surface area contributed by atoms with E-state index < -0.39 is 35.0 Å². The van der Waals surface area contributed by atoms with Crippen molar-refractivity contribution in [3.8, 4) is 0 Å². The molecule has 1 aromatic heterocycles. The molecule has 1 atom stereocenters. The molecular formula is C46H68N4O7. The van der Waals surface area contributed by atoms with Gasteiger partial charge in [0, 0.05) is 60.9 Å². The van der Waals surface area contributed by atoms with Crippen LogP contribution in [0.25, 0.3) is 10.9 Å². The number of nitrogens with zero attached hydrogens (tertiary/aromatic N) is 1. The van der Waals surface area contributed by atoms with Crippen LogP contribution in [-0.2, 0) is 32.0 Å². The average Bonchev–Trinajstić information content (AvgIpc) is 3.45. The molecule has 1 unspecified atom stereocenters. The lowest BCUT2D eigenvalue weighted by molar-refractivity contribution is 0.0400. The molecule has 0 radical (unpaired) electrons. The zero-order valence-electron chi connectivity index (χ0n) is 36.1. The summed E-state index contributed by atoms with van der Waals surface area (Å²) in [5.74, 6) is 0.453. The summed E-state index contributed by atoms with van der Waals surface area (Å²) in [5, 5.41) is 10.4. The van der Waals surface area contributed by atoms with Gasteiger partial charge in [-0.2, -0.15) is 0 Å². The van der Waals surface area contributed by atoms with Crippen molar-refractivity contribution in [3.63, 3.8) is 0 Å². The van der Waals surface area contributed by atoms with Crippen molar-refractivity contribution < 1.29 is 33.3 Å². The Kier molecular flexibility index (Phi) is 13.9. The summed E-state index contributed by atoms with van der Waals surface area (Å²) in [4.78, 5) is 38.8. The van der Waals surface area contributed by atoms with Gasteiger partial charge in [0.1, 0.15) is 11.2 Å². The van der Waals surface area contributed by atoms with E-state index in [4.69, 9.17) is 18.9 Å². The smallest absolute Gasteiger partial charge is 0.407 e. The standard InChI is InChI=1S/C46H68N4O7/c1-31-12-11-13-34(26-31)36(20-25-55-42(53)49-46(43(2,3)4)21-16-35(17-22-46)48-41(52)57-45(8,9)10)38-30-50(29-32-18-23-54-24-19-32)39-15-14-33(27-37(38)39)28-47-40(51)56-44(5,6)7/h11-15,26-27,30,32,35-36H,16-25,28-29H2,1-10H3,(H,47,51)(H,48,52)(H,49,53). The van der Waals surface area contributed by atoms with Crippen LogP contribution in [0.5, 0.6) is 0 Å². The largest absolute Gasteiger partial charge is 0.450 e. The van der Waals surface area contributed by atoms with Gasteiger partial charge in [-0.05, 0) is 134 Å². The predicted octanol–water partition coefficient (Wildman–Crippen LogP) is 9.90. The van der Waals surface area contributed by atoms with E-state index >= 15 is 0 Å². The number of amides is 3. The molecule has 0 bridgehead atoms. The quantitative estimate of drug-likeness (QED) is 0.165. The third-order valence-corrected chi connectivity index (χ3v) is 11.4. The summed E-state index contributed by atoms with van der Waals surface area (Å²) in [7, 11) is 0. The number of carbonyl (C=O) groups excluding carboxylic acids is 3. The van der Waals surface area contributed by atoms with Gasteiger partial charge in [-0.25, -0.2) is 14.4 Å². The highest BCUT2D eigenvalue weighted by molar-refractivity contribution is 5.86. The van der Waals surface area contributed by atoms with Crippen molar-refractivity contribution in [1.82, 2.24) is 20.5 Å². The van der Waals surface area contributed by atoms with E-state index in [2.05, 4.69) is 96.9 Å². The van der Waals surface area contributed by atoms with Gasteiger partial charge < -0.3 is 39.5 Å². The minimum atomic E-state index is -0.587. The number of hydrogen-bond donors (Lipinski definition) is 3. The predicted molar refractivity (Wildman–Crippen MR) is 224 cm³/mol. The zero-order valence-corrected chi connectivity index (χ0v) is 36.1. The van der Waals surface area contributed by atoms with Crippen LogP contribution >= 0.6 is 0 Å². The van der Waals surface area contributed by atoms with Gasteiger partial charge in [0.15, 0.2) is 0 Å². The second-order valence-electron chi connectivity index (χ2n) is 19.3. The second-order valence-corrected chi connectivity index (χ2v) is 19.3. The van der Waals surface area contributed by atoms with Crippen LogP contribution in [0.1, 0.15) is 135 Å². The second kappa shape index (κ2) is 18.1. The van der Waals surface area contributed by atoms with E-state index in [-0.39, 0.29) is 24.0 Å². The first kappa shape index (κ1) is 43.9. The molecule has 1 saturated carbocycles. The third kappa shape index (κ3) is 12.4. The first-order chi connectivity index (χ1) is 26.7. The molecular weight excluding hydrogens is 721 g/mol. The number of aryl methyl sites for hydroxylation is 1. The van der Waals surface area contributed by atoms with Gasteiger partial charge in [0.25, 0.3) is 0 Å². The molecule has 0 spiro atoms. The Labute approximate surface area is 340 Å². The number of aromatic nitrogens is 1. The van der Waals surface area contributed by atoms with Crippen molar-refractivity contribution in [2.45, 2.75) is 156 Å². The van der Waals surface area contributed by atoms with Crippen LogP contribution in [0, 0.1) is 18.3 Å². The van der Waals surface area contributed by atoms with Crippen LogP contribution in [0.15, 0.2) is 48.7 Å². The number of rotatable bonds is 11. The molecule has 2 aliphatic rings. The van der Waals surface area contributed by atoms with Gasteiger partial charge in [-0.1, -0.05) is 56.7 Å². The Balaban J connectivity index is 1.36. The topological polar surface area (TPSA) is 129 Å². The van der Waals surface area contributed by atoms with E-state index in [1.54, 1.807) is 0 Å². The normalized spacial score (nSPS) is 20.1. The summed E-state index contributed by atoms with van der Waals surface area (Å²) in [6.45, 7) is 22.7. The summed E-state index contributed by atoms with van der Waals surface area (Å²) >= 11 is 0. The SMILES string of the molecule is Cc1cccc(C(CCOC(=O)NC2(C(C)(C)C)CCC(NC(=O)OC(C)(C)C)CC2)c2cn(CC3CCOCC3)c3ccc(CNC(=O)OC(C)(C)C)cc23)c1. The molecule has 2 aromatic carbocycles. The zero-order chi connectivity index (χ0) is 41.6. The number of carbonyl (C=O) groups is 3. The molecule has 1 aliphatic carbocycles. The molecule has 1 aliphatic heterocycles. The number of nitrogens with one attached hydrogen (secondary N) is 3. The van der Waals surface area contributed by atoms with Gasteiger partial charge in [0.2, 0.25) is 0 Å². The molecule has 3 N–H and O–H groups in total. The molecule has 3 amide bonds. The Hall–Kier alpha value is -4.25. The maximum atomic E-state index is 13.7. The monoisotopic (exact) mass is 789 g/mol. The minimum absolute atomic E-state index is 0.0228. The molecule has 57 heavy (non-hydrogen) atoms. The first-order valence-electron chi connectivity index (χ1n) is 20.9. The molecule has 2 heterocycles. The van der Waals surface area contributed by atoms with Crippen LogP contribution in [0.3, 0.4) is 0 Å². The molecule has 5 rings (SSSR count). The fourth-order valence-electron chi connectivity index (χ4n) is 8.29. The number of ether oxygens (including phenoxy) is 4. The van der Waals surface area contributed by atoms with E-state index in [0.29, 0.717) is 31.7 Å². The molecule has 314 valence electrons. The summed E-state index contributed by atoms with van der Waals surface area (Å²) in [5.41, 5.74) is 3.70. The van der Waals surface area contributed by atoms with E-state index in [1.165, 1.54) is 0 Å². The maximum Gasteiger partial charge on any atom is 0.407 e. The lowest BCUT2D eigenvalue weighted by Crippen LogP contribution is -2.60. The van der Waals surface area contributed by atoms with E-state index in [0.717, 1.165) is 78.6 Å². The fraction of sp³-hybridized carbons (Fsp3) is 0.630. The fourth-order valence-corrected chi connectivity index (χ4v) is 8.29. The van der Waals surface area contributed by atoms with Crippen molar-refractivity contribution in [1.29, 1.82) is 0 Å². The number of alkyl carbamates (subject to hydrolysis) is 3. The van der Waals surface area contributed by atoms with Crippen LogP contribution in [0.2, 0.25) is 0 Å². The average molecular weight is 789 g/mol. The molecule has 11 nitrogen and oxygen atoms in total. The van der Waals surface area contributed by atoms with Crippen molar-refractivity contribution in [2.24, 2.45) is 11.3 Å². The van der Waals surface area contributed by atoms with Crippen molar-refractivity contribution >= 4 is 29.2 Å². The highest BCUT2D eigenvalue weighted by atomic mass is 16.6. The lowest BCUT2D eigenvalue weighted by atomic mass is 9.64. The highest BCUT2D eigenvalue weighted by Crippen LogP contribution is 2.42. The van der Waals surface area contributed by atoms with Crippen LogP contribution in [0.4, 0.5) is 14.4 Å². The lowest BCUT2D eigenvalue weighted by Gasteiger charge is -2.49. The minimum Gasteiger partial charge on any atom is -0.450 e. The maximum absolute atomic E-state index is 13.7. The van der Waals surface area contributed by atoms with Gasteiger partial charge in [-0.3, -0.25) is 0 Å². The number of fused-ring (bicyclic) bond motifs is 1. The molecule has 3 aromatic rings. The molecule has 11 heteroatoms. The summed E-state index contributed by atoms with van der Waals surface area (Å²) in [6.07, 6.45) is 6.48. The highest BCUT2D eigenvalue weighted by Gasteiger charge is 2.46. The first-order valence-corrected chi connectivity index (χ1v) is 20.9. The van der Waals surface area contributed by atoms with E-state index in [9.17, 15) is 14.4 Å². The van der Waals surface area contributed by atoms with Gasteiger partial charge >= 0.3 is 18.3 Å². The van der Waals surface area contributed by atoms with Gasteiger partial charge in [-0.15, -0.1) is 0 Å². The van der Waals surface area contributed by atoms with E-state index in [1.807, 2.05) is 41.5 Å². The van der Waals surface area contributed by atoms with Gasteiger partial charge in [0.05, 0.1) is 6.61 Å². The third-order valence-electron chi connectivity index (χ3n) is 11.4. The van der Waals surface area contributed by atoms with Crippen molar-refractivity contribution in [2.75, 3.05) is 19.8 Å².